The molecule has 1 N–H and O–H groups in total. The Morgan fingerprint density at radius 2 is 1.37 bits per heavy atom. The topological polar surface area (TPSA) is 162 Å². The maximum atomic E-state index is 14.1. The van der Waals surface area contributed by atoms with Gasteiger partial charge in [0.25, 0.3) is 11.8 Å². The number of amides is 2. The molecular weight excluding hydrogens is 724 g/mol. The minimum atomic E-state index is -5.75. The lowest BCUT2D eigenvalue weighted by Gasteiger charge is -2.46. The van der Waals surface area contributed by atoms with E-state index in [1.807, 2.05) is 0 Å². The predicted octanol–water partition coefficient (Wildman–Crippen LogP) is 4.94. The van der Waals surface area contributed by atoms with Crippen LogP contribution in [0.2, 0.25) is 0 Å². The van der Waals surface area contributed by atoms with Crippen LogP contribution in [0.15, 0.2) is 132 Å². The largest absolute Gasteiger partial charge is 0.488 e. The van der Waals surface area contributed by atoms with Crippen LogP contribution in [0.25, 0.3) is 0 Å². The number of β-lactam (4-membered cyclic amide) rings is 1. The Hall–Kier alpha value is -5.19. The van der Waals surface area contributed by atoms with Crippen molar-refractivity contribution in [3.8, 4) is 5.75 Å². The molecule has 0 aliphatic carbocycles. The third-order valence-corrected chi connectivity index (χ3v) is 11.6. The number of aryl methyl sites for hydroxylation is 1. The normalized spacial score (nSPS) is 16.5. The first kappa shape index (κ1) is 37.1. The number of hydrogen-bond donors (Lipinski definition) is 1. The van der Waals surface area contributed by atoms with Gasteiger partial charge in [0.1, 0.15) is 17.2 Å². The fraction of sp³-hybridized carbons (Fsp3) is 0.171. The van der Waals surface area contributed by atoms with Crippen molar-refractivity contribution in [2.24, 2.45) is 0 Å². The van der Waals surface area contributed by atoms with E-state index in [-0.39, 0.29) is 15.7 Å². The summed E-state index contributed by atoms with van der Waals surface area (Å²) in [5.41, 5.74) is 0.835. The van der Waals surface area contributed by atoms with E-state index in [4.69, 9.17) is 9.47 Å². The van der Waals surface area contributed by atoms with Crippen molar-refractivity contribution in [1.82, 2.24) is 10.2 Å². The fourth-order valence-electron chi connectivity index (χ4n) is 5.05. The number of allylic oxidation sites excluding steroid dienone is 1. The van der Waals surface area contributed by atoms with Crippen LogP contribution >= 0.6 is 10.8 Å². The summed E-state index contributed by atoms with van der Waals surface area (Å²) in [5, 5.41) is 0.827. The maximum Gasteiger partial charge on any atom is 0.488 e. The number of carbonyl (C=O) groups excluding carboxylic acids is 3. The van der Waals surface area contributed by atoms with Gasteiger partial charge < -0.3 is 19.0 Å². The molecule has 1 fully saturated rings. The van der Waals surface area contributed by atoms with Gasteiger partial charge in [0.05, 0.1) is 4.90 Å². The molecule has 51 heavy (non-hydrogen) atoms. The number of para-hydroxylation sites is 1. The van der Waals surface area contributed by atoms with E-state index in [0.717, 1.165) is 12.5 Å². The van der Waals surface area contributed by atoms with Crippen LogP contribution in [-0.4, -0.2) is 57.5 Å². The van der Waals surface area contributed by atoms with E-state index < -0.39 is 72.7 Å². The summed E-state index contributed by atoms with van der Waals surface area (Å²) in [6.07, 6.45) is -1.12. The smallest absolute Gasteiger partial charge is 0.484 e. The molecule has 12 nitrogen and oxygen atoms in total. The zero-order valence-corrected chi connectivity index (χ0v) is 29.5. The molecule has 2 amide bonds. The number of nitrogens with zero attached hydrogens (tertiary/aromatic N) is 1. The number of ether oxygens (including phenoxy) is 2. The second-order valence-electron chi connectivity index (χ2n) is 11.1. The van der Waals surface area contributed by atoms with Crippen molar-refractivity contribution in [3.63, 3.8) is 0 Å². The van der Waals surface area contributed by atoms with Crippen LogP contribution in [0.3, 0.4) is 0 Å². The summed E-state index contributed by atoms with van der Waals surface area (Å²) in [4.78, 5) is 41.3. The van der Waals surface area contributed by atoms with Crippen molar-refractivity contribution in [3.05, 3.63) is 143 Å². The van der Waals surface area contributed by atoms with Crippen LogP contribution < -0.4 is 10.1 Å². The Balaban J connectivity index is 1.53. The molecular formula is C35H31FN2O10S3. The monoisotopic (exact) mass is 754 g/mol. The highest BCUT2D eigenvalue weighted by Crippen LogP contribution is 2.41. The summed E-state index contributed by atoms with van der Waals surface area (Å²) in [6.45, 7) is 2.09. The van der Waals surface area contributed by atoms with Crippen LogP contribution in [0.1, 0.15) is 29.7 Å². The zero-order valence-electron chi connectivity index (χ0n) is 27.0. The minimum absolute atomic E-state index is 0.157. The first-order chi connectivity index (χ1) is 24.2. The highest BCUT2D eigenvalue weighted by atomic mass is 33.1. The number of halogens is 1. The van der Waals surface area contributed by atoms with Crippen LogP contribution in [-0.2, 0) is 42.7 Å². The van der Waals surface area contributed by atoms with Gasteiger partial charge in [-0.1, -0.05) is 100 Å². The highest BCUT2D eigenvalue weighted by Gasteiger charge is 2.55. The van der Waals surface area contributed by atoms with Crippen molar-refractivity contribution in [1.29, 1.82) is 0 Å². The second kappa shape index (κ2) is 15.8. The molecule has 5 rings (SSSR count). The third kappa shape index (κ3) is 9.33. The summed E-state index contributed by atoms with van der Waals surface area (Å²) in [7, 11) is -9.87. The molecule has 0 bridgehead atoms. The van der Waals surface area contributed by atoms with Crippen molar-refractivity contribution >= 4 is 48.0 Å². The van der Waals surface area contributed by atoms with Crippen molar-refractivity contribution < 1.29 is 48.8 Å². The molecule has 0 radical (unpaired) electrons. The Morgan fingerprint density at radius 1 is 0.843 bits per heavy atom. The molecule has 1 aliphatic rings. The molecule has 2 atom stereocenters. The zero-order chi connectivity index (χ0) is 36.8. The average Bonchev–Trinajstić information content (AvgIpc) is 3.10. The molecule has 1 aliphatic heterocycles. The van der Waals surface area contributed by atoms with Crippen LogP contribution in [0.5, 0.6) is 5.75 Å². The molecule has 1 heterocycles. The Kier molecular flexibility index (Phi) is 11.5. The first-order valence-electron chi connectivity index (χ1n) is 15.2. The quantitative estimate of drug-likeness (QED) is 0.0463. The van der Waals surface area contributed by atoms with Gasteiger partial charge in [-0.3, -0.25) is 14.5 Å². The summed E-state index contributed by atoms with van der Waals surface area (Å²) in [6, 6.07) is 29.4. The Bertz CT molecular complexity index is 2090. The van der Waals surface area contributed by atoms with Gasteiger partial charge in [-0.2, -0.15) is 8.42 Å². The van der Waals surface area contributed by atoms with E-state index in [1.165, 1.54) is 12.1 Å². The van der Waals surface area contributed by atoms with Gasteiger partial charge >= 0.3 is 16.5 Å². The van der Waals surface area contributed by atoms with Crippen molar-refractivity contribution in [2.45, 2.75) is 36.3 Å². The average molecular weight is 755 g/mol. The van der Waals surface area contributed by atoms with Gasteiger partial charge in [0.15, 0.2) is 24.2 Å². The summed E-state index contributed by atoms with van der Waals surface area (Å²) >= 11 is 0. The molecule has 4 aromatic rings. The highest BCUT2D eigenvalue weighted by molar-refractivity contribution is 8.72. The number of rotatable bonds is 14. The minimum Gasteiger partial charge on any atom is -0.484 e. The number of likely N-dealkylation sites (tertiary alicyclic amines) is 1. The second-order valence-corrected chi connectivity index (χ2v) is 16.0. The molecule has 1 saturated heterocycles. The first-order valence-corrected chi connectivity index (χ1v) is 19.4. The van der Waals surface area contributed by atoms with E-state index in [0.29, 0.717) is 21.8 Å². The van der Waals surface area contributed by atoms with Gasteiger partial charge in [0, 0.05) is 10.8 Å². The summed E-state index contributed by atoms with van der Waals surface area (Å²) < 4.78 is 80.2. The van der Waals surface area contributed by atoms with E-state index in [9.17, 15) is 35.1 Å². The molecule has 4 aromatic carbocycles. The Morgan fingerprint density at radius 3 is 1.90 bits per heavy atom. The van der Waals surface area contributed by atoms with Gasteiger partial charge in [0.2, 0.25) is 8.87 Å². The predicted molar refractivity (Wildman–Crippen MR) is 185 cm³/mol. The lowest BCUT2D eigenvalue weighted by molar-refractivity contribution is -0.155. The standard InChI is InChI=1S/C35H31FN2O10S3/c1-23-18-20-28(21-19-23)50(42,43)49-34-30(37-29(39)22-46-27-16-10-5-11-17-27)33(40)38(34)31(24(2)48-51(36,44)45)35(41)47-32(25-12-6-3-7-13-25)26-14-8-4-9-15-26/h3-21,30,32,34H,22H2,1-2H3,(H,37,39)/b31-24+/t30-,34-/m1/s1. The van der Waals surface area contributed by atoms with Gasteiger partial charge in [-0.05, 0) is 49.2 Å². The number of esters is 1. The maximum absolute atomic E-state index is 14.1. The SMILES string of the molecule is C/C(OS(=O)(=O)F)=C(/C(=O)OC(c1ccccc1)c1ccccc1)N1C(=O)[C@@H](NC(=O)COc2ccccc2)[C@H]1SS(=O)(=O)c1ccc(C)cc1. The number of carbonyl (C=O) groups is 3. The number of hydrogen-bond acceptors (Lipinski definition) is 11. The molecule has 0 saturated carbocycles. The van der Waals surface area contributed by atoms with E-state index in [2.05, 4.69) is 9.50 Å². The molecule has 0 aromatic heterocycles. The van der Waals surface area contributed by atoms with E-state index in [1.54, 1.807) is 110 Å². The van der Waals surface area contributed by atoms with Gasteiger partial charge in [-0.15, -0.1) is 0 Å². The fourth-order valence-corrected chi connectivity index (χ4v) is 8.90. The lowest BCUT2D eigenvalue weighted by Crippen LogP contribution is -2.70. The number of nitrogens with one attached hydrogen (secondary N) is 1. The summed E-state index contributed by atoms with van der Waals surface area (Å²) in [5.74, 6) is -3.77. The molecule has 0 unspecified atom stereocenters. The van der Waals surface area contributed by atoms with Crippen LogP contribution in [0.4, 0.5) is 3.89 Å². The molecule has 16 heteroatoms. The lowest BCUT2D eigenvalue weighted by atomic mass is 10.0. The van der Waals surface area contributed by atoms with Crippen molar-refractivity contribution in [2.75, 3.05) is 6.61 Å². The van der Waals surface area contributed by atoms with Gasteiger partial charge in [-0.25, -0.2) is 13.2 Å². The Labute approximate surface area is 298 Å². The molecule has 0 spiro atoms. The number of benzene rings is 4. The van der Waals surface area contributed by atoms with E-state index >= 15 is 0 Å². The molecule has 266 valence electrons. The van der Waals surface area contributed by atoms with Crippen LogP contribution in [0, 0.1) is 6.92 Å². The third-order valence-electron chi connectivity index (χ3n) is 7.43.